The summed E-state index contributed by atoms with van der Waals surface area (Å²) in [6, 6.07) is 0.0136. The second kappa shape index (κ2) is 4.57. The van der Waals surface area contributed by atoms with E-state index in [2.05, 4.69) is 9.97 Å². The van der Waals surface area contributed by atoms with Gasteiger partial charge in [-0.2, -0.15) is 0 Å². The number of hydrogen-bond acceptors (Lipinski definition) is 4. The maximum atomic E-state index is 9.01. The fourth-order valence-corrected chi connectivity index (χ4v) is 1.23. The van der Waals surface area contributed by atoms with Gasteiger partial charge in [0.05, 0.1) is 12.6 Å². The molecule has 5 heteroatoms. The van der Waals surface area contributed by atoms with Crippen LogP contribution in [-0.4, -0.2) is 34.8 Å². The molecule has 0 aliphatic rings. The fourth-order valence-electron chi connectivity index (χ4n) is 1.10. The minimum Gasteiger partial charge on any atom is -0.394 e. The van der Waals surface area contributed by atoms with E-state index in [9.17, 15) is 0 Å². The lowest BCUT2D eigenvalue weighted by atomic mass is 10.2. The largest absolute Gasteiger partial charge is 0.394 e. The SMILES string of the molecule is Cc1cnc(Cl)nc1N(C)C(C)CO. The van der Waals surface area contributed by atoms with E-state index >= 15 is 0 Å². The summed E-state index contributed by atoms with van der Waals surface area (Å²) in [6.45, 7) is 3.90. The van der Waals surface area contributed by atoms with E-state index in [4.69, 9.17) is 16.7 Å². The molecule has 0 fully saturated rings. The molecule has 1 rings (SSSR count). The third-order valence-electron chi connectivity index (χ3n) is 2.18. The first-order valence-corrected chi connectivity index (χ1v) is 4.77. The van der Waals surface area contributed by atoms with Crippen LogP contribution in [0.2, 0.25) is 5.28 Å². The first-order valence-electron chi connectivity index (χ1n) is 4.39. The number of aromatic nitrogens is 2. The Morgan fingerprint density at radius 2 is 2.29 bits per heavy atom. The molecule has 1 unspecified atom stereocenters. The van der Waals surface area contributed by atoms with Crippen LogP contribution in [-0.2, 0) is 0 Å². The topological polar surface area (TPSA) is 49.2 Å². The first-order chi connectivity index (χ1) is 6.56. The van der Waals surface area contributed by atoms with Gasteiger partial charge in [-0.25, -0.2) is 9.97 Å². The number of anilines is 1. The van der Waals surface area contributed by atoms with Gasteiger partial charge < -0.3 is 10.0 Å². The third kappa shape index (κ3) is 2.33. The van der Waals surface area contributed by atoms with Crippen LogP contribution in [0.3, 0.4) is 0 Å². The van der Waals surface area contributed by atoms with Crippen molar-refractivity contribution in [2.75, 3.05) is 18.6 Å². The van der Waals surface area contributed by atoms with Crippen LogP contribution in [0, 0.1) is 6.92 Å². The van der Waals surface area contributed by atoms with Gasteiger partial charge in [0.25, 0.3) is 0 Å². The standard InChI is InChI=1S/C9H14ClN3O/c1-6-4-11-9(10)12-8(6)13(3)7(2)5-14/h4,7,14H,5H2,1-3H3. The average Bonchev–Trinajstić information content (AvgIpc) is 2.19. The molecule has 0 spiro atoms. The normalized spacial score (nSPS) is 12.6. The van der Waals surface area contributed by atoms with Gasteiger partial charge in [-0.3, -0.25) is 0 Å². The molecule has 0 aliphatic carbocycles. The molecule has 0 saturated heterocycles. The van der Waals surface area contributed by atoms with E-state index in [-0.39, 0.29) is 17.9 Å². The fraction of sp³-hybridized carbons (Fsp3) is 0.556. The predicted molar refractivity (Wildman–Crippen MR) is 56.7 cm³/mol. The smallest absolute Gasteiger partial charge is 0.224 e. The van der Waals surface area contributed by atoms with Gasteiger partial charge >= 0.3 is 0 Å². The van der Waals surface area contributed by atoms with Crippen molar-refractivity contribution < 1.29 is 5.11 Å². The van der Waals surface area contributed by atoms with Gasteiger partial charge in [-0.05, 0) is 25.4 Å². The number of aryl methyl sites for hydroxylation is 1. The number of hydrogen-bond donors (Lipinski definition) is 1. The van der Waals surface area contributed by atoms with Crippen LogP contribution in [0.25, 0.3) is 0 Å². The molecule has 0 bridgehead atoms. The third-order valence-corrected chi connectivity index (χ3v) is 2.36. The minimum atomic E-state index is 0.0136. The van der Waals surface area contributed by atoms with Crippen LogP contribution < -0.4 is 4.90 Å². The second-order valence-electron chi connectivity index (χ2n) is 3.29. The van der Waals surface area contributed by atoms with Crippen molar-refractivity contribution >= 4 is 17.4 Å². The van der Waals surface area contributed by atoms with Crippen molar-refractivity contribution in [3.63, 3.8) is 0 Å². The quantitative estimate of drug-likeness (QED) is 0.772. The summed E-state index contributed by atoms with van der Waals surface area (Å²) < 4.78 is 0. The Balaban J connectivity index is 2.99. The van der Waals surface area contributed by atoms with Crippen LogP contribution in [0.4, 0.5) is 5.82 Å². The Morgan fingerprint density at radius 1 is 1.64 bits per heavy atom. The molecule has 14 heavy (non-hydrogen) atoms. The van der Waals surface area contributed by atoms with E-state index in [0.29, 0.717) is 0 Å². The van der Waals surface area contributed by atoms with Crippen molar-refractivity contribution in [1.29, 1.82) is 0 Å². The molecule has 1 aromatic rings. The summed E-state index contributed by atoms with van der Waals surface area (Å²) >= 11 is 5.70. The number of aliphatic hydroxyl groups is 1. The number of rotatable bonds is 3. The van der Waals surface area contributed by atoms with E-state index in [0.717, 1.165) is 11.4 Å². The van der Waals surface area contributed by atoms with Gasteiger partial charge in [-0.15, -0.1) is 0 Å². The highest BCUT2D eigenvalue weighted by Gasteiger charge is 2.13. The van der Waals surface area contributed by atoms with Crippen LogP contribution in [0.15, 0.2) is 6.20 Å². The lowest BCUT2D eigenvalue weighted by Gasteiger charge is -2.25. The highest BCUT2D eigenvalue weighted by atomic mass is 35.5. The van der Waals surface area contributed by atoms with E-state index in [1.165, 1.54) is 0 Å². The van der Waals surface area contributed by atoms with E-state index in [1.54, 1.807) is 6.20 Å². The molecule has 0 saturated carbocycles. The lowest BCUT2D eigenvalue weighted by molar-refractivity contribution is 0.269. The zero-order valence-corrected chi connectivity index (χ0v) is 9.28. The number of halogens is 1. The first kappa shape index (κ1) is 11.2. The average molecular weight is 216 g/mol. The molecular weight excluding hydrogens is 202 g/mol. The zero-order chi connectivity index (χ0) is 10.7. The molecule has 4 nitrogen and oxygen atoms in total. The summed E-state index contributed by atoms with van der Waals surface area (Å²) in [4.78, 5) is 9.86. The molecule has 1 atom stereocenters. The number of aliphatic hydroxyl groups excluding tert-OH is 1. The van der Waals surface area contributed by atoms with Gasteiger partial charge in [0.15, 0.2) is 0 Å². The van der Waals surface area contributed by atoms with Crippen molar-refractivity contribution in [2.24, 2.45) is 0 Å². The Morgan fingerprint density at radius 3 is 2.86 bits per heavy atom. The lowest BCUT2D eigenvalue weighted by Crippen LogP contribution is -2.33. The number of nitrogens with zero attached hydrogens (tertiary/aromatic N) is 3. The van der Waals surface area contributed by atoms with Crippen molar-refractivity contribution in [3.05, 3.63) is 17.0 Å². The minimum absolute atomic E-state index is 0.0136. The molecule has 1 heterocycles. The Kier molecular flexibility index (Phi) is 3.66. The van der Waals surface area contributed by atoms with Crippen molar-refractivity contribution in [2.45, 2.75) is 19.9 Å². The highest BCUT2D eigenvalue weighted by Crippen LogP contribution is 2.18. The van der Waals surface area contributed by atoms with Crippen molar-refractivity contribution in [1.82, 2.24) is 9.97 Å². The van der Waals surface area contributed by atoms with Crippen LogP contribution in [0.5, 0.6) is 0 Å². The van der Waals surface area contributed by atoms with Crippen LogP contribution in [0.1, 0.15) is 12.5 Å². The molecule has 0 radical (unpaired) electrons. The summed E-state index contributed by atoms with van der Waals surface area (Å²) in [5.74, 6) is 0.756. The molecule has 0 aliphatic heterocycles. The van der Waals surface area contributed by atoms with E-state index < -0.39 is 0 Å². The maximum absolute atomic E-state index is 9.01. The predicted octanol–water partition coefficient (Wildman–Crippen LogP) is 1.26. The number of likely N-dealkylation sites (N-methyl/N-ethyl adjacent to an activating group) is 1. The molecule has 78 valence electrons. The van der Waals surface area contributed by atoms with Gasteiger partial charge in [-0.1, -0.05) is 0 Å². The maximum Gasteiger partial charge on any atom is 0.224 e. The summed E-state index contributed by atoms with van der Waals surface area (Å²) in [5, 5.41) is 9.23. The Hall–Kier alpha value is -0.870. The van der Waals surface area contributed by atoms with Gasteiger partial charge in [0, 0.05) is 18.8 Å². The van der Waals surface area contributed by atoms with Crippen LogP contribution >= 0.6 is 11.6 Å². The molecular formula is C9H14ClN3O. The zero-order valence-electron chi connectivity index (χ0n) is 8.53. The second-order valence-corrected chi connectivity index (χ2v) is 3.63. The highest BCUT2D eigenvalue weighted by molar-refractivity contribution is 6.28. The summed E-state index contributed by atoms with van der Waals surface area (Å²) in [7, 11) is 1.87. The van der Waals surface area contributed by atoms with Gasteiger partial charge in [0.1, 0.15) is 5.82 Å². The molecule has 1 N–H and O–H groups in total. The monoisotopic (exact) mass is 215 g/mol. The van der Waals surface area contributed by atoms with Crippen molar-refractivity contribution in [3.8, 4) is 0 Å². The summed E-state index contributed by atoms with van der Waals surface area (Å²) in [5.41, 5.74) is 0.942. The van der Waals surface area contributed by atoms with Gasteiger partial charge in [0.2, 0.25) is 5.28 Å². The molecule has 1 aromatic heterocycles. The van der Waals surface area contributed by atoms with E-state index in [1.807, 2.05) is 25.8 Å². The Bertz CT molecular complexity index is 319. The summed E-state index contributed by atoms with van der Waals surface area (Å²) in [6.07, 6.45) is 1.67. The molecule has 0 aromatic carbocycles. The molecule has 0 amide bonds. The Labute approximate surface area is 88.6 Å².